The van der Waals surface area contributed by atoms with E-state index in [4.69, 9.17) is 4.74 Å². The third-order valence-electron chi connectivity index (χ3n) is 3.41. The summed E-state index contributed by atoms with van der Waals surface area (Å²) in [6.07, 6.45) is 0.952. The summed E-state index contributed by atoms with van der Waals surface area (Å²) in [6.45, 7) is 7.57. The zero-order valence-corrected chi connectivity index (χ0v) is 11.8. The van der Waals surface area contributed by atoms with E-state index in [-0.39, 0.29) is 17.4 Å². The van der Waals surface area contributed by atoms with Crippen molar-refractivity contribution in [1.29, 1.82) is 0 Å². The summed E-state index contributed by atoms with van der Waals surface area (Å²) in [4.78, 5) is 12.4. The van der Waals surface area contributed by atoms with Crippen LogP contribution < -0.4 is 15.4 Å². The highest BCUT2D eigenvalue weighted by Gasteiger charge is 2.36. The molecule has 2 N–H and O–H groups in total. The normalized spacial score (nSPS) is 22.5. The standard InChI is InChI=1S/C15H22N2O2/c1-11(2)19-13-7-5-4-6-12(13)17-14(18)15(3)8-9-16-10-15/h4-7,11,16H,8-10H2,1-3H3,(H,17,18). The van der Waals surface area contributed by atoms with Gasteiger partial charge in [-0.3, -0.25) is 4.79 Å². The van der Waals surface area contributed by atoms with Crippen LogP contribution in [0.4, 0.5) is 5.69 Å². The van der Waals surface area contributed by atoms with Gasteiger partial charge in [-0.15, -0.1) is 0 Å². The molecule has 1 atom stereocenters. The smallest absolute Gasteiger partial charge is 0.231 e. The van der Waals surface area contributed by atoms with Crippen LogP contribution in [0.1, 0.15) is 27.2 Å². The second kappa shape index (κ2) is 5.61. The van der Waals surface area contributed by atoms with E-state index in [0.29, 0.717) is 0 Å². The van der Waals surface area contributed by atoms with E-state index in [1.165, 1.54) is 0 Å². The second-order valence-electron chi connectivity index (χ2n) is 5.60. The summed E-state index contributed by atoms with van der Waals surface area (Å²) in [5.74, 6) is 0.776. The average Bonchev–Trinajstić information content (AvgIpc) is 2.79. The van der Waals surface area contributed by atoms with Crippen LogP contribution in [-0.4, -0.2) is 25.1 Å². The van der Waals surface area contributed by atoms with Crippen LogP contribution in [0.15, 0.2) is 24.3 Å². The zero-order chi connectivity index (χ0) is 13.9. The third kappa shape index (κ3) is 3.26. The van der Waals surface area contributed by atoms with Crippen LogP contribution in [0.3, 0.4) is 0 Å². The van der Waals surface area contributed by atoms with E-state index in [1.54, 1.807) is 0 Å². The molecule has 19 heavy (non-hydrogen) atoms. The van der Waals surface area contributed by atoms with Gasteiger partial charge in [-0.25, -0.2) is 0 Å². The summed E-state index contributed by atoms with van der Waals surface area (Å²) in [6, 6.07) is 7.57. The van der Waals surface area contributed by atoms with Crippen molar-refractivity contribution in [3.05, 3.63) is 24.3 Å². The molecule has 0 bridgehead atoms. The molecule has 1 saturated heterocycles. The Morgan fingerprint density at radius 2 is 2.16 bits per heavy atom. The number of nitrogens with one attached hydrogen (secondary N) is 2. The molecule has 2 rings (SSSR count). The maximum Gasteiger partial charge on any atom is 0.231 e. The van der Waals surface area contributed by atoms with Crippen molar-refractivity contribution in [1.82, 2.24) is 5.32 Å². The van der Waals surface area contributed by atoms with Crippen LogP contribution in [-0.2, 0) is 4.79 Å². The fourth-order valence-corrected chi connectivity index (χ4v) is 2.21. The quantitative estimate of drug-likeness (QED) is 0.876. The Bertz CT molecular complexity index is 451. The summed E-state index contributed by atoms with van der Waals surface area (Å²) in [5.41, 5.74) is 0.416. The predicted octanol–water partition coefficient (Wildman–Crippen LogP) is 2.41. The molecule has 0 spiro atoms. The lowest BCUT2D eigenvalue weighted by molar-refractivity contribution is -0.123. The number of hydrogen-bond donors (Lipinski definition) is 2. The summed E-state index contributed by atoms with van der Waals surface area (Å²) in [7, 11) is 0. The predicted molar refractivity (Wildman–Crippen MR) is 76.4 cm³/mol. The molecule has 4 nitrogen and oxygen atoms in total. The Morgan fingerprint density at radius 3 is 2.79 bits per heavy atom. The van der Waals surface area contributed by atoms with Gasteiger partial charge in [0.25, 0.3) is 0 Å². The average molecular weight is 262 g/mol. The van der Waals surface area contributed by atoms with Gasteiger partial charge < -0.3 is 15.4 Å². The topological polar surface area (TPSA) is 50.4 Å². The van der Waals surface area contributed by atoms with Gasteiger partial charge in [0.05, 0.1) is 17.2 Å². The molecule has 1 aliphatic rings. The van der Waals surface area contributed by atoms with E-state index >= 15 is 0 Å². The maximum absolute atomic E-state index is 12.4. The minimum atomic E-state index is -0.328. The van der Waals surface area contributed by atoms with E-state index in [2.05, 4.69) is 10.6 Å². The molecule has 104 valence electrons. The SMILES string of the molecule is CC(C)Oc1ccccc1NC(=O)C1(C)CCNC1. The monoisotopic (exact) mass is 262 g/mol. The van der Waals surface area contributed by atoms with Crippen molar-refractivity contribution in [2.75, 3.05) is 18.4 Å². The van der Waals surface area contributed by atoms with E-state index in [9.17, 15) is 4.79 Å². The van der Waals surface area contributed by atoms with Crippen molar-refractivity contribution < 1.29 is 9.53 Å². The Hall–Kier alpha value is -1.55. The lowest BCUT2D eigenvalue weighted by Crippen LogP contribution is -2.35. The van der Waals surface area contributed by atoms with Gasteiger partial charge in [-0.1, -0.05) is 12.1 Å². The molecule has 0 aromatic heterocycles. The van der Waals surface area contributed by atoms with E-state index in [1.807, 2.05) is 45.0 Å². The summed E-state index contributed by atoms with van der Waals surface area (Å²) >= 11 is 0. The first-order chi connectivity index (χ1) is 9.01. The van der Waals surface area contributed by atoms with Gasteiger partial charge in [0, 0.05) is 6.54 Å². The van der Waals surface area contributed by atoms with Crippen molar-refractivity contribution in [2.45, 2.75) is 33.3 Å². The van der Waals surface area contributed by atoms with Crippen molar-refractivity contribution >= 4 is 11.6 Å². The van der Waals surface area contributed by atoms with Crippen LogP contribution in [0.5, 0.6) is 5.75 Å². The number of hydrogen-bond acceptors (Lipinski definition) is 3. The number of ether oxygens (including phenoxy) is 1. The Balaban J connectivity index is 2.12. The number of carbonyl (C=O) groups excluding carboxylic acids is 1. The molecule has 0 aliphatic carbocycles. The van der Waals surface area contributed by atoms with Crippen molar-refractivity contribution in [3.8, 4) is 5.75 Å². The number of para-hydroxylation sites is 2. The van der Waals surface area contributed by atoms with Crippen LogP contribution in [0, 0.1) is 5.41 Å². The van der Waals surface area contributed by atoms with Crippen molar-refractivity contribution in [2.24, 2.45) is 5.41 Å². The van der Waals surface area contributed by atoms with Gasteiger partial charge >= 0.3 is 0 Å². The maximum atomic E-state index is 12.4. The van der Waals surface area contributed by atoms with Crippen LogP contribution in [0.25, 0.3) is 0 Å². The molecule has 1 fully saturated rings. The van der Waals surface area contributed by atoms with Crippen LogP contribution in [0.2, 0.25) is 0 Å². The minimum Gasteiger partial charge on any atom is -0.489 e. The second-order valence-corrected chi connectivity index (χ2v) is 5.60. The number of carbonyl (C=O) groups is 1. The molecule has 1 aromatic carbocycles. The Morgan fingerprint density at radius 1 is 1.42 bits per heavy atom. The largest absolute Gasteiger partial charge is 0.489 e. The molecule has 1 aromatic rings. The molecular weight excluding hydrogens is 240 g/mol. The first-order valence-corrected chi connectivity index (χ1v) is 6.79. The number of anilines is 1. The highest BCUT2D eigenvalue weighted by atomic mass is 16.5. The first kappa shape index (κ1) is 13.9. The highest BCUT2D eigenvalue weighted by molar-refractivity contribution is 5.96. The molecule has 0 saturated carbocycles. The summed E-state index contributed by atoms with van der Waals surface area (Å²) in [5, 5.41) is 6.23. The lowest BCUT2D eigenvalue weighted by atomic mass is 9.88. The summed E-state index contributed by atoms with van der Waals surface area (Å²) < 4.78 is 5.71. The molecular formula is C15H22N2O2. The number of amides is 1. The van der Waals surface area contributed by atoms with Crippen molar-refractivity contribution in [3.63, 3.8) is 0 Å². The first-order valence-electron chi connectivity index (χ1n) is 6.79. The number of benzene rings is 1. The van der Waals surface area contributed by atoms with Gasteiger partial charge in [0.15, 0.2) is 0 Å². The van der Waals surface area contributed by atoms with E-state index < -0.39 is 0 Å². The number of rotatable bonds is 4. The van der Waals surface area contributed by atoms with Gasteiger partial charge in [0.2, 0.25) is 5.91 Å². The lowest BCUT2D eigenvalue weighted by Gasteiger charge is -2.23. The Kier molecular flexibility index (Phi) is 4.10. The molecule has 1 unspecified atom stereocenters. The fourth-order valence-electron chi connectivity index (χ4n) is 2.21. The highest BCUT2D eigenvalue weighted by Crippen LogP contribution is 2.30. The minimum absolute atomic E-state index is 0.0531. The molecule has 0 radical (unpaired) electrons. The Labute approximate surface area is 114 Å². The molecule has 4 heteroatoms. The third-order valence-corrected chi connectivity index (χ3v) is 3.41. The van der Waals surface area contributed by atoms with E-state index in [0.717, 1.165) is 30.9 Å². The van der Waals surface area contributed by atoms with Gasteiger partial charge in [-0.2, -0.15) is 0 Å². The molecule has 1 aliphatic heterocycles. The van der Waals surface area contributed by atoms with Gasteiger partial charge in [-0.05, 0) is 45.9 Å². The molecule has 1 heterocycles. The van der Waals surface area contributed by atoms with Gasteiger partial charge in [0.1, 0.15) is 5.75 Å². The molecule has 1 amide bonds. The van der Waals surface area contributed by atoms with Crippen LogP contribution >= 0.6 is 0 Å². The zero-order valence-electron chi connectivity index (χ0n) is 11.8. The fraction of sp³-hybridized carbons (Fsp3) is 0.533.